The lowest BCUT2D eigenvalue weighted by molar-refractivity contribution is -0.121. The first-order chi connectivity index (χ1) is 11.2. The van der Waals surface area contributed by atoms with Crippen LogP contribution in [0.1, 0.15) is 19.3 Å². The highest BCUT2D eigenvalue weighted by atomic mass is 35.5. The van der Waals surface area contributed by atoms with Crippen molar-refractivity contribution in [3.05, 3.63) is 29.3 Å². The third kappa shape index (κ3) is 8.06. The fourth-order valence-electron chi connectivity index (χ4n) is 2.40. The fraction of sp³-hybridized carbons (Fsp3) is 0.588. The predicted molar refractivity (Wildman–Crippen MR) is 96.3 cm³/mol. The van der Waals surface area contributed by atoms with Crippen molar-refractivity contribution < 1.29 is 9.53 Å². The van der Waals surface area contributed by atoms with E-state index in [1.165, 1.54) is 4.90 Å². The van der Waals surface area contributed by atoms with Crippen LogP contribution in [0.4, 0.5) is 0 Å². The third-order valence-corrected chi connectivity index (χ3v) is 5.06. The number of amides is 1. The number of ether oxygens (including phenoxy) is 1. The Kier molecular flexibility index (Phi) is 8.82. The summed E-state index contributed by atoms with van der Waals surface area (Å²) in [5.41, 5.74) is 0. The standard InChI is InChI=1S/C17H25ClN2O2S/c18-15-4-6-16(7-5-15)23-14-1-3-17(21)19-8-2-9-20-10-12-22-13-11-20/h4-7H,1-3,8-14H2,(H,19,21). The Morgan fingerprint density at radius 2 is 1.96 bits per heavy atom. The van der Waals surface area contributed by atoms with Crippen LogP contribution in [-0.2, 0) is 9.53 Å². The van der Waals surface area contributed by atoms with Crippen LogP contribution in [0.25, 0.3) is 0 Å². The molecule has 1 saturated heterocycles. The molecule has 0 aliphatic carbocycles. The van der Waals surface area contributed by atoms with Gasteiger partial charge < -0.3 is 10.1 Å². The molecule has 1 aromatic carbocycles. The molecule has 1 amide bonds. The van der Waals surface area contributed by atoms with Crippen LogP contribution in [0.15, 0.2) is 29.2 Å². The summed E-state index contributed by atoms with van der Waals surface area (Å²) in [5.74, 6) is 1.10. The zero-order valence-corrected chi connectivity index (χ0v) is 15.0. The molecule has 0 aromatic heterocycles. The number of carbonyl (C=O) groups excluding carboxylic acids is 1. The average Bonchev–Trinajstić information content (AvgIpc) is 2.58. The number of carbonyl (C=O) groups is 1. The van der Waals surface area contributed by atoms with Crippen molar-refractivity contribution in [3.8, 4) is 0 Å². The van der Waals surface area contributed by atoms with Gasteiger partial charge in [0.15, 0.2) is 0 Å². The van der Waals surface area contributed by atoms with E-state index in [0.29, 0.717) is 6.42 Å². The topological polar surface area (TPSA) is 41.6 Å². The summed E-state index contributed by atoms with van der Waals surface area (Å²) in [5, 5.41) is 3.76. The van der Waals surface area contributed by atoms with Crippen molar-refractivity contribution in [1.29, 1.82) is 0 Å². The molecule has 4 nitrogen and oxygen atoms in total. The Balaban J connectivity index is 1.46. The maximum atomic E-state index is 11.8. The molecule has 1 fully saturated rings. The number of rotatable bonds is 9. The molecule has 6 heteroatoms. The van der Waals surface area contributed by atoms with Crippen LogP contribution in [0, 0.1) is 0 Å². The van der Waals surface area contributed by atoms with Crippen LogP contribution < -0.4 is 5.32 Å². The molecular weight excluding hydrogens is 332 g/mol. The molecule has 0 saturated carbocycles. The Morgan fingerprint density at radius 1 is 1.22 bits per heavy atom. The smallest absolute Gasteiger partial charge is 0.220 e. The number of benzene rings is 1. The summed E-state index contributed by atoms with van der Waals surface area (Å²) in [6.45, 7) is 5.48. The third-order valence-electron chi connectivity index (χ3n) is 3.71. The quantitative estimate of drug-likeness (QED) is 0.545. The van der Waals surface area contributed by atoms with E-state index in [1.807, 2.05) is 24.3 Å². The predicted octanol–water partition coefficient (Wildman–Crippen LogP) is 3.05. The van der Waals surface area contributed by atoms with Gasteiger partial charge in [0, 0.05) is 36.0 Å². The van der Waals surface area contributed by atoms with Gasteiger partial charge in [0.05, 0.1) is 13.2 Å². The number of morpholine rings is 1. The highest BCUT2D eigenvalue weighted by Gasteiger charge is 2.09. The summed E-state index contributed by atoms with van der Waals surface area (Å²) in [6, 6.07) is 7.81. The summed E-state index contributed by atoms with van der Waals surface area (Å²) < 4.78 is 5.32. The number of nitrogens with zero attached hydrogens (tertiary/aromatic N) is 1. The van der Waals surface area contributed by atoms with E-state index in [0.717, 1.165) is 63.0 Å². The van der Waals surface area contributed by atoms with Gasteiger partial charge >= 0.3 is 0 Å². The normalized spacial score (nSPS) is 15.5. The molecule has 1 aromatic rings. The maximum absolute atomic E-state index is 11.8. The van der Waals surface area contributed by atoms with E-state index >= 15 is 0 Å². The molecule has 0 atom stereocenters. The fourth-order valence-corrected chi connectivity index (χ4v) is 3.38. The van der Waals surface area contributed by atoms with Gasteiger partial charge in [-0.2, -0.15) is 0 Å². The first kappa shape index (κ1) is 18.6. The second kappa shape index (κ2) is 10.9. The van der Waals surface area contributed by atoms with E-state index in [4.69, 9.17) is 16.3 Å². The SMILES string of the molecule is O=C(CCCSc1ccc(Cl)cc1)NCCCN1CCOCC1. The van der Waals surface area contributed by atoms with Gasteiger partial charge in [-0.05, 0) is 49.4 Å². The van der Waals surface area contributed by atoms with Gasteiger partial charge in [0.2, 0.25) is 5.91 Å². The van der Waals surface area contributed by atoms with E-state index in [-0.39, 0.29) is 5.91 Å². The van der Waals surface area contributed by atoms with E-state index < -0.39 is 0 Å². The van der Waals surface area contributed by atoms with Crippen LogP contribution in [0.2, 0.25) is 5.02 Å². The number of halogens is 1. The zero-order chi connectivity index (χ0) is 16.3. The Hall–Kier alpha value is -0.750. The lowest BCUT2D eigenvalue weighted by Gasteiger charge is -2.26. The Labute approximate surface area is 147 Å². The van der Waals surface area contributed by atoms with E-state index in [2.05, 4.69) is 10.2 Å². The minimum Gasteiger partial charge on any atom is -0.379 e. The highest BCUT2D eigenvalue weighted by Crippen LogP contribution is 2.21. The number of hydrogen-bond donors (Lipinski definition) is 1. The lowest BCUT2D eigenvalue weighted by atomic mass is 10.3. The van der Waals surface area contributed by atoms with Crippen molar-refractivity contribution in [1.82, 2.24) is 10.2 Å². The van der Waals surface area contributed by atoms with Crippen LogP contribution in [0.3, 0.4) is 0 Å². The summed E-state index contributed by atoms with van der Waals surface area (Å²) >= 11 is 7.61. The number of thioether (sulfide) groups is 1. The van der Waals surface area contributed by atoms with Crippen molar-refractivity contribution in [2.24, 2.45) is 0 Å². The molecule has 0 radical (unpaired) electrons. The van der Waals surface area contributed by atoms with Crippen LogP contribution >= 0.6 is 23.4 Å². The van der Waals surface area contributed by atoms with Crippen LogP contribution in [0.5, 0.6) is 0 Å². The summed E-state index contributed by atoms with van der Waals surface area (Å²) in [6.07, 6.45) is 2.49. The number of hydrogen-bond acceptors (Lipinski definition) is 4. The van der Waals surface area contributed by atoms with Gasteiger partial charge in [-0.25, -0.2) is 0 Å². The van der Waals surface area contributed by atoms with E-state index in [1.54, 1.807) is 11.8 Å². The Morgan fingerprint density at radius 3 is 2.70 bits per heavy atom. The van der Waals surface area contributed by atoms with Crippen molar-refractivity contribution >= 4 is 29.3 Å². The zero-order valence-electron chi connectivity index (χ0n) is 13.4. The van der Waals surface area contributed by atoms with Gasteiger partial charge in [0.1, 0.15) is 0 Å². The second-order valence-corrected chi connectivity index (χ2v) is 7.17. The average molecular weight is 357 g/mol. The molecule has 1 heterocycles. The molecule has 23 heavy (non-hydrogen) atoms. The minimum absolute atomic E-state index is 0.156. The summed E-state index contributed by atoms with van der Waals surface area (Å²) in [4.78, 5) is 15.4. The minimum atomic E-state index is 0.156. The molecule has 0 bridgehead atoms. The van der Waals surface area contributed by atoms with Gasteiger partial charge in [-0.1, -0.05) is 11.6 Å². The van der Waals surface area contributed by atoms with Crippen LogP contribution in [-0.4, -0.2) is 56.0 Å². The van der Waals surface area contributed by atoms with E-state index in [9.17, 15) is 4.79 Å². The molecular formula is C17H25ClN2O2S. The molecule has 1 N–H and O–H groups in total. The van der Waals surface area contributed by atoms with Crippen molar-refractivity contribution in [2.45, 2.75) is 24.2 Å². The molecule has 1 aliphatic rings. The van der Waals surface area contributed by atoms with Gasteiger partial charge in [-0.3, -0.25) is 9.69 Å². The van der Waals surface area contributed by atoms with Gasteiger partial charge in [0.25, 0.3) is 0 Å². The Bertz CT molecular complexity index is 464. The lowest BCUT2D eigenvalue weighted by Crippen LogP contribution is -2.38. The highest BCUT2D eigenvalue weighted by molar-refractivity contribution is 7.99. The molecule has 1 aliphatic heterocycles. The summed E-state index contributed by atoms with van der Waals surface area (Å²) in [7, 11) is 0. The van der Waals surface area contributed by atoms with Crippen molar-refractivity contribution in [3.63, 3.8) is 0 Å². The van der Waals surface area contributed by atoms with Gasteiger partial charge in [-0.15, -0.1) is 11.8 Å². The molecule has 0 unspecified atom stereocenters. The molecule has 0 spiro atoms. The second-order valence-electron chi connectivity index (χ2n) is 5.56. The maximum Gasteiger partial charge on any atom is 0.220 e. The number of nitrogens with one attached hydrogen (secondary N) is 1. The monoisotopic (exact) mass is 356 g/mol. The molecule has 2 rings (SSSR count). The first-order valence-corrected chi connectivity index (χ1v) is 9.55. The first-order valence-electron chi connectivity index (χ1n) is 8.19. The molecule has 128 valence electrons. The van der Waals surface area contributed by atoms with Crippen molar-refractivity contribution in [2.75, 3.05) is 45.1 Å². The largest absolute Gasteiger partial charge is 0.379 e.